The quantitative estimate of drug-likeness (QED) is 0.557. The Labute approximate surface area is 209 Å². The van der Waals surface area contributed by atoms with Crippen LogP contribution in [0.1, 0.15) is 54.2 Å². The van der Waals surface area contributed by atoms with Gasteiger partial charge in [-0.15, -0.1) is 12.4 Å². The average molecular weight is 541 g/mol. The molecule has 0 bridgehead atoms. The first kappa shape index (κ1) is 25.6. The molecule has 8 nitrogen and oxygen atoms in total. The first-order valence-electron chi connectivity index (χ1n) is 11.5. The predicted octanol–water partition coefficient (Wildman–Crippen LogP) is 3.55. The number of aryl methyl sites for hydroxylation is 1. The summed E-state index contributed by atoms with van der Waals surface area (Å²) in [4.78, 5) is 35.8. The maximum atomic E-state index is 12.8. The molecule has 0 N–H and O–H groups in total. The molecule has 2 aliphatic heterocycles. The summed E-state index contributed by atoms with van der Waals surface area (Å²) in [5, 5.41) is 4.09. The fourth-order valence-corrected chi connectivity index (χ4v) is 4.72. The molecule has 4 rings (SSSR count). The van der Waals surface area contributed by atoms with Gasteiger partial charge in [0.2, 0.25) is 11.8 Å². The van der Waals surface area contributed by atoms with Gasteiger partial charge in [0.1, 0.15) is 0 Å². The van der Waals surface area contributed by atoms with Gasteiger partial charge in [-0.1, -0.05) is 30.1 Å². The normalized spacial score (nSPS) is 17.4. The number of rotatable bonds is 6. The molecule has 10 heteroatoms. The van der Waals surface area contributed by atoms with Crippen LogP contribution < -0.4 is 0 Å². The third kappa shape index (κ3) is 7.01. The summed E-state index contributed by atoms with van der Waals surface area (Å²) >= 11 is 3.46. The standard InChI is InChI=1S/C23H30BrN5O3.ClH/c24-19-8-4-3-7-18(19)23(31)29-15-13-27(14-16-29)17-20-25-21(32-26-20)9-10-22(30)28-11-5-1-2-6-12-28;/h3-4,7-8H,1-2,5-6,9-17H2;1H. The number of halogens is 2. The molecular formula is C23H31BrClN5O3. The summed E-state index contributed by atoms with van der Waals surface area (Å²) in [5.41, 5.74) is 0.693. The number of hydrogen-bond acceptors (Lipinski definition) is 6. The molecule has 3 heterocycles. The summed E-state index contributed by atoms with van der Waals surface area (Å²) in [6, 6.07) is 7.52. The lowest BCUT2D eigenvalue weighted by Gasteiger charge is -2.34. The van der Waals surface area contributed by atoms with Crippen molar-refractivity contribution in [3.63, 3.8) is 0 Å². The third-order valence-electron chi connectivity index (χ3n) is 6.15. The van der Waals surface area contributed by atoms with Gasteiger partial charge in [-0.05, 0) is 40.9 Å². The fourth-order valence-electron chi connectivity index (χ4n) is 4.26. The van der Waals surface area contributed by atoms with Crippen LogP contribution in [0.15, 0.2) is 33.3 Å². The van der Waals surface area contributed by atoms with Crippen LogP contribution in [0, 0.1) is 0 Å². The number of piperazine rings is 1. The second-order valence-electron chi connectivity index (χ2n) is 8.45. The minimum Gasteiger partial charge on any atom is -0.343 e. The van der Waals surface area contributed by atoms with Gasteiger partial charge in [-0.2, -0.15) is 4.98 Å². The average Bonchev–Trinajstić information content (AvgIpc) is 3.07. The van der Waals surface area contributed by atoms with E-state index in [1.54, 1.807) is 0 Å². The zero-order chi connectivity index (χ0) is 22.3. The molecule has 2 amide bonds. The van der Waals surface area contributed by atoms with E-state index in [2.05, 4.69) is 31.0 Å². The number of carbonyl (C=O) groups excluding carboxylic acids is 2. The van der Waals surface area contributed by atoms with Crippen LogP contribution in [0.2, 0.25) is 0 Å². The molecule has 0 spiro atoms. The molecule has 2 aliphatic rings. The van der Waals surface area contributed by atoms with Crippen molar-refractivity contribution in [2.24, 2.45) is 0 Å². The van der Waals surface area contributed by atoms with Gasteiger partial charge in [-0.25, -0.2) is 0 Å². The Kier molecular flexibility index (Phi) is 9.70. The van der Waals surface area contributed by atoms with E-state index in [0.29, 0.717) is 49.8 Å². The number of hydrogen-bond donors (Lipinski definition) is 0. The Hall–Kier alpha value is -1.97. The highest BCUT2D eigenvalue weighted by atomic mass is 79.9. The van der Waals surface area contributed by atoms with Crippen LogP contribution in [0.25, 0.3) is 0 Å². The van der Waals surface area contributed by atoms with E-state index in [9.17, 15) is 9.59 Å². The summed E-state index contributed by atoms with van der Waals surface area (Å²) in [7, 11) is 0. The number of likely N-dealkylation sites (tertiary alicyclic amines) is 1. The zero-order valence-corrected chi connectivity index (χ0v) is 21.2. The van der Waals surface area contributed by atoms with Gasteiger partial charge in [0.05, 0.1) is 12.1 Å². The van der Waals surface area contributed by atoms with Crippen LogP contribution in [0.5, 0.6) is 0 Å². The van der Waals surface area contributed by atoms with Crippen LogP contribution in [-0.2, 0) is 17.8 Å². The number of carbonyl (C=O) groups is 2. The molecule has 1 aromatic carbocycles. The van der Waals surface area contributed by atoms with E-state index in [0.717, 1.165) is 43.5 Å². The topological polar surface area (TPSA) is 82.8 Å². The lowest BCUT2D eigenvalue weighted by molar-refractivity contribution is -0.131. The van der Waals surface area contributed by atoms with Crippen LogP contribution >= 0.6 is 28.3 Å². The highest BCUT2D eigenvalue weighted by Crippen LogP contribution is 2.19. The van der Waals surface area contributed by atoms with Gasteiger partial charge in [0.15, 0.2) is 5.82 Å². The van der Waals surface area contributed by atoms with Crippen LogP contribution in [-0.4, -0.2) is 75.9 Å². The fraction of sp³-hybridized carbons (Fsp3) is 0.565. The van der Waals surface area contributed by atoms with Crippen LogP contribution in [0.4, 0.5) is 0 Å². The molecule has 2 aromatic rings. The smallest absolute Gasteiger partial charge is 0.255 e. The van der Waals surface area contributed by atoms with Crippen molar-refractivity contribution in [3.05, 3.63) is 46.0 Å². The van der Waals surface area contributed by atoms with E-state index in [1.165, 1.54) is 12.8 Å². The molecule has 0 atom stereocenters. The maximum absolute atomic E-state index is 12.8. The molecule has 0 aliphatic carbocycles. The van der Waals surface area contributed by atoms with Crippen molar-refractivity contribution in [2.75, 3.05) is 39.3 Å². The summed E-state index contributed by atoms with van der Waals surface area (Å²) in [5.74, 6) is 1.38. The van der Waals surface area contributed by atoms with Crippen molar-refractivity contribution >= 4 is 40.2 Å². The zero-order valence-electron chi connectivity index (χ0n) is 18.7. The van der Waals surface area contributed by atoms with Crippen molar-refractivity contribution in [2.45, 2.75) is 45.1 Å². The first-order valence-corrected chi connectivity index (χ1v) is 12.2. The van der Waals surface area contributed by atoms with Crippen molar-refractivity contribution in [1.29, 1.82) is 0 Å². The van der Waals surface area contributed by atoms with Crippen LogP contribution in [0.3, 0.4) is 0 Å². The first-order chi connectivity index (χ1) is 15.6. The highest BCUT2D eigenvalue weighted by molar-refractivity contribution is 9.10. The minimum absolute atomic E-state index is 0. The molecule has 2 saturated heterocycles. The van der Waals surface area contributed by atoms with E-state index in [4.69, 9.17) is 4.52 Å². The Balaban J connectivity index is 0.00000306. The lowest BCUT2D eigenvalue weighted by Crippen LogP contribution is -2.48. The van der Waals surface area contributed by atoms with Gasteiger partial charge in [0.25, 0.3) is 5.91 Å². The molecule has 0 unspecified atom stereocenters. The van der Waals surface area contributed by atoms with E-state index >= 15 is 0 Å². The third-order valence-corrected chi connectivity index (χ3v) is 6.84. The number of aromatic nitrogens is 2. The summed E-state index contributed by atoms with van der Waals surface area (Å²) < 4.78 is 6.19. The van der Waals surface area contributed by atoms with E-state index in [-0.39, 0.29) is 24.2 Å². The SMILES string of the molecule is Cl.O=C(CCc1nc(CN2CCN(C(=O)c3ccccc3Br)CC2)no1)N1CCCCCC1. The molecule has 180 valence electrons. The molecule has 2 fully saturated rings. The van der Waals surface area contributed by atoms with Gasteiger partial charge >= 0.3 is 0 Å². The lowest BCUT2D eigenvalue weighted by atomic mass is 10.2. The number of benzene rings is 1. The Bertz CT molecular complexity index is 924. The second kappa shape index (κ2) is 12.5. The maximum Gasteiger partial charge on any atom is 0.255 e. The number of amides is 2. The molecule has 1 aromatic heterocycles. The Morgan fingerprint density at radius 3 is 2.33 bits per heavy atom. The van der Waals surface area contributed by atoms with Crippen molar-refractivity contribution in [3.8, 4) is 0 Å². The second-order valence-corrected chi connectivity index (χ2v) is 9.30. The Morgan fingerprint density at radius 2 is 1.64 bits per heavy atom. The minimum atomic E-state index is 0. The van der Waals surface area contributed by atoms with Crippen molar-refractivity contribution in [1.82, 2.24) is 24.8 Å². The van der Waals surface area contributed by atoms with Gasteiger partial charge < -0.3 is 14.3 Å². The predicted molar refractivity (Wildman–Crippen MR) is 130 cm³/mol. The highest BCUT2D eigenvalue weighted by Gasteiger charge is 2.24. The largest absolute Gasteiger partial charge is 0.343 e. The molecule has 33 heavy (non-hydrogen) atoms. The van der Waals surface area contributed by atoms with Gasteiger partial charge in [-0.3, -0.25) is 14.5 Å². The Morgan fingerprint density at radius 1 is 0.939 bits per heavy atom. The summed E-state index contributed by atoms with van der Waals surface area (Å²) in [6.45, 7) is 5.15. The molecule has 0 radical (unpaired) electrons. The van der Waals surface area contributed by atoms with Gasteiger partial charge in [0, 0.05) is 56.6 Å². The number of nitrogens with zero attached hydrogens (tertiary/aromatic N) is 5. The van der Waals surface area contributed by atoms with Crippen molar-refractivity contribution < 1.29 is 14.1 Å². The monoisotopic (exact) mass is 539 g/mol. The molecular weight excluding hydrogens is 510 g/mol. The summed E-state index contributed by atoms with van der Waals surface area (Å²) in [6.07, 6.45) is 5.51. The van der Waals surface area contributed by atoms with E-state index < -0.39 is 0 Å². The molecule has 0 saturated carbocycles. The van der Waals surface area contributed by atoms with E-state index in [1.807, 2.05) is 34.1 Å².